The Kier molecular flexibility index (Phi) is 3.00. The van der Waals surface area contributed by atoms with E-state index < -0.39 is 5.37 Å². The Bertz CT molecular complexity index is 436. The lowest BCUT2D eigenvalue weighted by molar-refractivity contribution is -0.118. The van der Waals surface area contributed by atoms with Gasteiger partial charge in [0.1, 0.15) is 5.75 Å². The van der Waals surface area contributed by atoms with Crippen LogP contribution in [-0.2, 0) is 4.79 Å². The molecule has 0 aliphatic carbocycles. The maximum absolute atomic E-state index is 11.3. The number of carbonyl (C=O) groups is 2. The van der Waals surface area contributed by atoms with Gasteiger partial charge in [-0.15, -0.1) is 0 Å². The molecule has 1 aromatic carbocycles. The van der Waals surface area contributed by atoms with Crippen LogP contribution in [0.4, 0.5) is 10.5 Å². The minimum atomic E-state index is -0.570. The van der Waals surface area contributed by atoms with Crippen LogP contribution < -0.4 is 15.4 Å². The summed E-state index contributed by atoms with van der Waals surface area (Å²) < 4.78 is 5.05. The van der Waals surface area contributed by atoms with Gasteiger partial charge in [0.05, 0.1) is 7.11 Å². The molecule has 0 saturated carbocycles. The lowest BCUT2D eigenvalue weighted by Crippen LogP contribution is -2.29. The van der Waals surface area contributed by atoms with Crippen LogP contribution in [0.5, 0.6) is 5.75 Å². The minimum absolute atomic E-state index is 0.321. The number of anilines is 1. The molecule has 1 aromatic rings. The van der Waals surface area contributed by atoms with Crippen LogP contribution in [0.2, 0.25) is 0 Å². The van der Waals surface area contributed by atoms with Crippen LogP contribution in [0.1, 0.15) is 0 Å². The standard InChI is InChI=1S/C10H10N2O3S/c1-15-7-4-2-3-6(5-7)11-9-8(13)12-10(14)16-9/h2-5,9,11H,1H3,(H,12,13,14). The van der Waals surface area contributed by atoms with Crippen molar-refractivity contribution < 1.29 is 14.3 Å². The molecule has 1 aliphatic heterocycles. The van der Waals surface area contributed by atoms with E-state index >= 15 is 0 Å². The zero-order valence-corrected chi connectivity index (χ0v) is 9.34. The van der Waals surface area contributed by atoms with Crippen molar-refractivity contribution in [3.05, 3.63) is 24.3 Å². The molecule has 5 nitrogen and oxygen atoms in total. The second-order valence-electron chi connectivity index (χ2n) is 3.15. The fourth-order valence-electron chi connectivity index (χ4n) is 1.32. The number of hydrogen-bond acceptors (Lipinski definition) is 5. The number of ether oxygens (including phenoxy) is 1. The summed E-state index contributed by atoms with van der Waals surface area (Å²) in [6, 6.07) is 7.18. The molecule has 2 amide bonds. The number of nitrogens with one attached hydrogen (secondary N) is 2. The molecule has 1 aliphatic rings. The number of rotatable bonds is 3. The monoisotopic (exact) mass is 238 g/mol. The molecule has 6 heteroatoms. The molecule has 1 fully saturated rings. The highest BCUT2D eigenvalue weighted by Crippen LogP contribution is 2.23. The van der Waals surface area contributed by atoms with Crippen molar-refractivity contribution in [1.82, 2.24) is 5.32 Å². The Morgan fingerprint density at radius 1 is 1.44 bits per heavy atom. The van der Waals surface area contributed by atoms with Gasteiger partial charge < -0.3 is 10.1 Å². The lowest BCUT2D eigenvalue weighted by Gasteiger charge is -2.10. The number of carbonyl (C=O) groups excluding carboxylic acids is 2. The number of amides is 2. The van der Waals surface area contributed by atoms with Crippen molar-refractivity contribution in [3.8, 4) is 5.75 Å². The summed E-state index contributed by atoms with van der Waals surface area (Å²) in [7, 11) is 1.57. The number of benzene rings is 1. The Morgan fingerprint density at radius 3 is 2.88 bits per heavy atom. The molecular formula is C10H10N2O3S. The van der Waals surface area contributed by atoms with Crippen LogP contribution in [0.15, 0.2) is 24.3 Å². The predicted molar refractivity (Wildman–Crippen MR) is 61.5 cm³/mol. The van der Waals surface area contributed by atoms with Gasteiger partial charge in [0.15, 0.2) is 5.37 Å². The number of hydrogen-bond donors (Lipinski definition) is 2. The Hall–Kier alpha value is -1.69. The molecule has 1 saturated heterocycles. The molecule has 1 heterocycles. The first kappa shape index (κ1) is 10.8. The van der Waals surface area contributed by atoms with Gasteiger partial charge >= 0.3 is 0 Å². The van der Waals surface area contributed by atoms with E-state index in [1.165, 1.54) is 0 Å². The molecule has 84 valence electrons. The van der Waals surface area contributed by atoms with E-state index in [1.54, 1.807) is 31.4 Å². The molecule has 0 spiro atoms. The molecule has 0 aromatic heterocycles. The first-order valence-corrected chi connectivity index (χ1v) is 5.49. The SMILES string of the molecule is COc1cccc(NC2SC(=O)NC2=O)c1. The van der Waals surface area contributed by atoms with Crippen molar-refractivity contribution in [2.24, 2.45) is 0 Å². The average molecular weight is 238 g/mol. The van der Waals surface area contributed by atoms with Crippen LogP contribution in [-0.4, -0.2) is 23.6 Å². The summed E-state index contributed by atoms with van der Waals surface area (Å²) in [6.07, 6.45) is 0. The normalized spacial score (nSPS) is 19.4. The number of thioether (sulfide) groups is 1. The van der Waals surface area contributed by atoms with Gasteiger partial charge in [-0.05, 0) is 23.9 Å². The third-order valence-corrected chi connectivity index (χ3v) is 2.94. The van der Waals surface area contributed by atoms with Gasteiger partial charge in [-0.3, -0.25) is 14.9 Å². The maximum atomic E-state index is 11.3. The van der Waals surface area contributed by atoms with Gasteiger partial charge in [0.25, 0.3) is 11.1 Å². The van der Waals surface area contributed by atoms with Gasteiger partial charge in [0.2, 0.25) is 0 Å². The predicted octanol–water partition coefficient (Wildman–Crippen LogP) is 1.42. The molecular weight excluding hydrogens is 228 g/mol. The van der Waals surface area contributed by atoms with Crippen LogP contribution in [0, 0.1) is 0 Å². The molecule has 0 bridgehead atoms. The summed E-state index contributed by atoms with van der Waals surface area (Å²) in [6.45, 7) is 0. The van der Waals surface area contributed by atoms with Gasteiger partial charge in [-0.1, -0.05) is 6.07 Å². The number of methoxy groups -OCH3 is 1. The summed E-state index contributed by atoms with van der Waals surface area (Å²) in [5, 5.41) is 4.25. The van der Waals surface area contributed by atoms with Gasteiger partial charge in [-0.25, -0.2) is 0 Å². The smallest absolute Gasteiger partial charge is 0.288 e. The fourth-order valence-corrected chi connectivity index (χ4v) is 2.05. The molecule has 2 N–H and O–H groups in total. The highest BCUT2D eigenvalue weighted by atomic mass is 32.2. The van der Waals surface area contributed by atoms with Crippen LogP contribution in [0.25, 0.3) is 0 Å². The van der Waals surface area contributed by atoms with Crippen molar-refractivity contribution in [2.75, 3.05) is 12.4 Å². The van der Waals surface area contributed by atoms with E-state index in [9.17, 15) is 9.59 Å². The zero-order valence-electron chi connectivity index (χ0n) is 8.52. The highest BCUT2D eigenvalue weighted by Gasteiger charge is 2.31. The van der Waals surface area contributed by atoms with Gasteiger partial charge in [-0.2, -0.15) is 0 Å². The third kappa shape index (κ3) is 2.27. The van der Waals surface area contributed by atoms with Crippen molar-refractivity contribution in [3.63, 3.8) is 0 Å². The van der Waals surface area contributed by atoms with Crippen molar-refractivity contribution >= 4 is 28.6 Å². The molecule has 2 rings (SSSR count). The summed E-state index contributed by atoms with van der Waals surface area (Å²) in [5.41, 5.74) is 0.738. The van der Waals surface area contributed by atoms with E-state index in [1.807, 2.05) is 0 Å². The largest absolute Gasteiger partial charge is 0.497 e. The van der Waals surface area contributed by atoms with E-state index in [4.69, 9.17) is 4.74 Å². The maximum Gasteiger partial charge on any atom is 0.288 e. The van der Waals surface area contributed by atoms with E-state index in [2.05, 4.69) is 10.6 Å². The first-order valence-electron chi connectivity index (χ1n) is 4.61. The number of imide groups is 1. The fraction of sp³-hybridized carbons (Fsp3) is 0.200. The van der Waals surface area contributed by atoms with Crippen LogP contribution >= 0.6 is 11.8 Å². The molecule has 0 radical (unpaired) electrons. The Labute approximate surface area is 96.5 Å². The quantitative estimate of drug-likeness (QED) is 0.833. The second kappa shape index (κ2) is 4.44. The van der Waals surface area contributed by atoms with E-state index in [0.29, 0.717) is 5.75 Å². The topological polar surface area (TPSA) is 67.4 Å². The van der Waals surface area contributed by atoms with Crippen molar-refractivity contribution in [1.29, 1.82) is 0 Å². The average Bonchev–Trinajstić information content (AvgIpc) is 2.58. The van der Waals surface area contributed by atoms with Crippen molar-refractivity contribution in [2.45, 2.75) is 5.37 Å². The highest BCUT2D eigenvalue weighted by molar-refractivity contribution is 8.15. The third-order valence-electron chi connectivity index (χ3n) is 2.06. The molecule has 1 atom stereocenters. The minimum Gasteiger partial charge on any atom is -0.497 e. The molecule has 1 unspecified atom stereocenters. The summed E-state index contributed by atoms with van der Waals surface area (Å²) >= 11 is 0.930. The summed E-state index contributed by atoms with van der Waals surface area (Å²) in [5.74, 6) is 0.373. The zero-order chi connectivity index (χ0) is 11.5. The Morgan fingerprint density at radius 2 is 2.25 bits per heavy atom. The second-order valence-corrected chi connectivity index (χ2v) is 4.23. The first-order chi connectivity index (χ1) is 7.69. The Balaban J connectivity index is 2.09. The lowest BCUT2D eigenvalue weighted by atomic mass is 10.3. The molecule has 16 heavy (non-hydrogen) atoms. The van der Waals surface area contributed by atoms with Gasteiger partial charge in [0, 0.05) is 11.8 Å². The van der Waals surface area contributed by atoms with Crippen LogP contribution in [0.3, 0.4) is 0 Å². The summed E-state index contributed by atoms with van der Waals surface area (Å²) in [4.78, 5) is 22.2. The van der Waals surface area contributed by atoms with E-state index in [-0.39, 0.29) is 11.1 Å². The van der Waals surface area contributed by atoms with E-state index in [0.717, 1.165) is 17.4 Å².